The fourth-order valence-corrected chi connectivity index (χ4v) is 4.38. The van der Waals surface area contributed by atoms with Crippen molar-refractivity contribution in [2.45, 2.75) is 11.8 Å². The second-order valence-corrected chi connectivity index (χ2v) is 8.00. The van der Waals surface area contributed by atoms with Crippen molar-refractivity contribution >= 4 is 61.4 Å². The molecule has 24 heavy (non-hydrogen) atoms. The molecule has 3 rings (SSSR count). The van der Waals surface area contributed by atoms with Crippen molar-refractivity contribution in [3.63, 3.8) is 0 Å². The van der Waals surface area contributed by atoms with Crippen molar-refractivity contribution in [2.24, 2.45) is 0 Å². The number of para-hydroxylation sites is 1. The lowest BCUT2D eigenvalue weighted by Crippen LogP contribution is -2.14. The summed E-state index contributed by atoms with van der Waals surface area (Å²) in [7, 11) is -3.94. The van der Waals surface area contributed by atoms with E-state index in [2.05, 4.69) is 9.71 Å². The van der Waals surface area contributed by atoms with Crippen molar-refractivity contribution in [2.75, 3.05) is 4.72 Å². The van der Waals surface area contributed by atoms with E-state index in [0.29, 0.717) is 22.3 Å². The van der Waals surface area contributed by atoms with Gasteiger partial charge in [0.1, 0.15) is 4.90 Å². The number of aryl methyl sites for hydroxylation is 1. The van der Waals surface area contributed by atoms with E-state index in [4.69, 9.17) is 34.8 Å². The number of anilines is 1. The monoisotopic (exact) mass is 400 g/mol. The number of pyridine rings is 1. The van der Waals surface area contributed by atoms with E-state index in [0.717, 1.165) is 0 Å². The topological polar surface area (TPSA) is 59.1 Å². The minimum Gasteiger partial charge on any atom is -0.279 e. The van der Waals surface area contributed by atoms with Gasteiger partial charge >= 0.3 is 0 Å². The highest BCUT2D eigenvalue weighted by molar-refractivity contribution is 7.92. The molecule has 0 saturated carbocycles. The van der Waals surface area contributed by atoms with Crippen LogP contribution in [0.2, 0.25) is 15.1 Å². The van der Waals surface area contributed by atoms with Crippen LogP contribution in [0.15, 0.2) is 47.4 Å². The number of halogens is 3. The Morgan fingerprint density at radius 3 is 2.38 bits per heavy atom. The number of hydrogen-bond donors (Lipinski definition) is 1. The van der Waals surface area contributed by atoms with Crippen molar-refractivity contribution in [1.82, 2.24) is 4.98 Å². The van der Waals surface area contributed by atoms with Crippen LogP contribution in [0.25, 0.3) is 10.9 Å². The van der Waals surface area contributed by atoms with Crippen LogP contribution in [0.1, 0.15) is 5.69 Å². The Kier molecular flexibility index (Phi) is 4.62. The van der Waals surface area contributed by atoms with Gasteiger partial charge in [-0.2, -0.15) is 0 Å². The molecular formula is C16H11Cl3N2O2S. The molecule has 0 radical (unpaired) electrons. The van der Waals surface area contributed by atoms with Gasteiger partial charge in [-0.1, -0.05) is 53.0 Å². The molecule has 0 saturated heterocycles. The molecule has 0 aliphatic rings. The molecule has 3 aromatic rings. The summed E-state index contributed by atoms with van der Waals surface area (Å²) in [6.45, 7) is 1.79. The molecule has 8 heteroatoms. The lowest BCUT2D eigenvalue weighted by atomic mass is 10.2. The standard InChI is InChI=1S/C16H11Cl3N2O2S/c1-9-6-15(10-4-2-3-5-14(10)20-9)21-24(22,23)16-8-12(18)11(17)7-13(16)19/h2-8H,1H3,(H,20,21). The number of hydrogen-bond acceptors (Lipinski definition) is 3. The van der Waals surface area contributed by atoms with Crippen LogP contribution in [-0.4, -0.2) is 13.4 Å². The third-order valence-electron chi connectivity index (χ3n) is 3.35. The normalized spacial score (nSPS) is 11.7. The highest BCUT2D eigenvalue weighted by Gasteiger charge is 2.21. The molecule has 2 aromatic carbocycles. The average Bonchev–Trinajstić information content (AvgIpc) is 2.50. The molecule has 0 fully saturated rings. The number of fused-ring (bicyclic) bond motifs is 1. The van der Waals surface area contributed by atoms with Gasteiger partial charge in [0.15, 0.2) is 0 Å². The zero-order valence-electron chi connectivity index (χ0n) is 12.3. The van der Waals surface area contributed by atoms with Gasteiger partial charge in [-0.05, 0) is 31.2 Å². The number of benzene rings is 2. The summed E-state index contributed by atoms with van der Waals surface area (Å²) in [6, 6.07) is 11.4. The first-order chi connectivity index (χ1) is 11.3. The Bertz CT molecular complexity index is 1050. The van der Waals surface area contributed by atoms with E-state index < -0.39 is 10.0 Å². The van der Waals surface area contributed by atoms with Crippen LogP contribution in [-0.2, 0) is 10.0 Å². The van der Waals surface area contributed by atoms with Crippen molar-refractivity contribution < 1.29 is 8.42 Å². The number of rotatable bonds is 3. The van der Waals surface area contributed by atoms with Crippen LogP contribution >= 0.6 is 34.8 Å². The van der Waals surface area contributed by atoms with Crippen molar-refractivity contribution in [3.8, 4) is 0 Å². The number of nitrogens with one attached hydrogen (secondary N) is 1. The Labute approximate surface area is 154 Å². The van der Waals surface area contributed by atoms with Crippen molar-refractivity contribution in [1.29, 1.82) is 0 Å². The van der Waals surface area contributed by atoms with Crippen LogP contribution in [0, 0.1) is 6.92 Å². The highest BCUT2D eigenvalue weighted by Crippen LogP contribution is 2.33. The first-order valence-corrected chi connectivity index (χ1v) is 9.43. The molecule has 1 heterocycles. The average molecular weight is 402 g/mol. The van der Waals surface area contributed by atoms with E-state index in [1.807, 2.05) is 18.2 Å². The predicted molar refractivity (Wildman–Crippen MR) is 98.8 cm³/mol. The van der Waals surface area contributed by atoms with Gasteiger partial charge in [-0.3, -0.25) is 9.71 Å². The summed E-state index contributed by atoms with van der Waals surface area (Å²) >= 11 is 17.8. The summed E-state index contributed by atoms with van der Waals surface area (Å²) < 4.78 is 28.0. The van der Waals surface area contributed by atoms with Crippen LogP contribution < -0.4 is 4.72 Å². The summed E-state index contributed by atoms with van der Waals surface area (Å²) in [5.74, 6) is 0. The van der Waals surface area contributed by atoms with Gasteiger partial charge in [-0.15, -0.1) is 0 Å². The molecule has 124 valence electrons. The lowest BCUT2D eigenvalue weighted by molar-refractivity contribution is 0.601. The second kappa shape index (κ2) is 6.41. The lowest BCUT2D eigenvalue weighted by Gasteiger charge is -2.13. The Balaban J connectivity index is 2.13. The maximum Gasteiger partial charge on any atom is 0.263 e. The molecule has 4 nitrogen and oxygen atoms in total. The summed E-state index contributed by atoms with van der Waals surface area (Å²) in [5, 5.41) is 0.970. The number of nitrogens with zero attached hydrogens (tertiary/aromatic N) is 1. The zero-order chi connectivity index (χ0) is 17.5. The quantitative estimate of drug-likeness (QED) is 0.605. The molecule has 1 N–H and O–H groups in total. The van der Waals surface area contributed by atoms with Crippen LogP contribution in [0.3, 0.4) is 0 Å². The second-order valence-electron chi connectivity index (χ2n) is 5.13. The Morgan fingerprint density at radius 2 is 1.62 bits per heavy atom. The van der Waals surface area contributed by atoms with E-state index in [1.165, 1.54) is 12.1 Å². The zero-order valence-corrected chi connectivity index (χ0v) is 15.4. The smallest absolute Gasteiger partial charge is 0.263 e. The third kappa shape index (κ3) is 3.30. The maximum absolute atomic E-state index is 12.7. The molecule has 0 atom stereocenters. The van der Waals surface area contributed by atoms with Crippen molar-refractivity contribution in [3.05, 3.63) is 63.2 Å². The van der Waals surface area contributed by atoms with E-state index in [9.17, 15) is 8.42 Å². The molecule has 0 aliphatic carbocycles. The maximum atomic E-state index is 12.7. The number of aromatic nitrogens is 1. The summed E-state index contributed by atoms with van der Waals surface area (Å²) in [4.78, 5) is 4.24. The van der Waals surface area contributed by atoms with E-state index in [-0.39, 0.29) is 20.0 Å². The fourth-order valence-electron chi connectivity index (χ4n) is 2.30. The third-order valence-corrected chi connectivity index (χ3v) is 5.91. The van der Waals surface area contributed by atoms with Gasteiger partial charge < -0.3 is 0 Å². The van der Waals surface area contributed by atoms with E-state index >= 15 is 0 Å². The molecule has 0 spiro atoms. The SMILES string of the molecule is Cc1cc(NS(=O)(=O)c2cc(Cl)c(Cl)cc2Cl)c2ccccc2n1. The van der Waals surface area contributed by atoms with Gasteiger partial charge in [0.25, 0.3) is 10.0 Å². The van der Waals surface area contributed by atoms with Gasteiger partial charge in [-0.25, -0.2) is 8.42 Å². The summed E-state index contributed by atoms with van der Waals surface area (Å²) in [6.07, 6.45) is 0. The molecule has 0 bridgehead atoms. The molecular weight excluding hydrogens is 391 g/mol. The minimum atomic E-state index is -3.94. The highest BCUT2D eigenvalue weighted by atomic mass is 35.5. The first-order valence-electron chi connectivity index (χ1n) is 6.82. The van der Waals surface area contributed by atoms with Crippen LogP contribution in [0.4, 0.5) is 5.69 Å². The molecule has 0 aliphatic heterocycles. The fraction of sp³-hybridized carbons (Fsp3) is 0.0625. The van der Waals surface area contributed by atoms with Gasteiger partial charge in [0.2, 0.25) is 0 Å². The number of sulfonamides is 1. The largest absolute Gasteiger partial charge is 0.279 e. The Hall–Kier alpha value is -1.53. The molecule has 0 unspecified atom stereocenters. The minimum absolute atomic E-state index is 0.00742. The van der Waals surface area contributed by atoms with Crippen LogP contribution in [0.5, 0.6) is 0 Å². The summed E-state index contributed by atoms with van der Waals surface area (Å²) in [5.41, 5.74) is 1.79. The van der Waals surface area contributed by atoms with Gasteiger partial charge in [0.05, 0.1) is 26.3 Å². The van der Waals surface area contributed by atoms with Gasteiger partial charge in [0, 0.05) is 11.1 Å². The molecule has 1 aromatic heterocycles. The Morgan fingerprint density at radius 1 is 0.958 bits per heavy atom. The van der Waals surface area contributed by atoms with E-state index in [1.54, 1.807) is 19.1 Å². The first kappa shape index (κ1) is 17.3. The molecule has 0 amide bonds. The predicted octanol–water partition coefficient (Wildman–Crippen LogP) is 5.30.